The number of benzene rings is 1. The second kappa shape index (κ2) is 5.00. The van der Waals surface area contributed by atoms with Crippen LogP contribution in [0.4, 0.5) is 13.2 Å². The molecule has 0 aliphatic carbocycles. The van der Waals surface area contributed by atoms with Crippen molar-refractivity contribution in [3.8, 4) is 5.69 Å². The predicted octanol–water partition coefficient (Wildman–Crippen LogP) is 5.27. The number of hydrogen-bond donors (Lipinski definition) is 0. The van der Waals surface area contributed by atoms with E-state index in [4.69, 9.17) is 23.2 Å². The summed E-state index contributed by atoms with van der Waals surface area (Å²) in [5, 5.41) is 3.88. The monoisotopic (exact) mass is 372 g/mol. The van der Waals surface area contributed by atoms with E-state index in [1.165, 1.54) is 4.68 Å². The van der Waals surface area contributed by atoms with Gasteiger partial charge in [-0.15, -0.1) is 0 Å². The molecule has 0 radical (unpaired) electrons. The fraction of sp³-hybridized carbons (Fsp3) is 0.182. The first kappa shape index (κ1) is 14.7. The largest absolute Gasteiger partial charge is 0.416 e. The van der Waals surface area contributed by atoms with Crippen LogP contribution in [0.15, 0.2) is 22.8 Å². The lowest BCUT2D eigenvalue weighted by atomic mass is 10.2. The Bertz CT molecular complexity index is 595. The summed E-state index contributed by atoms with van der Waals surface area (Å²) in [7, 11) is 0. The minimum absolute atomic E-state index is 0.116. The van der Waals surface area contributed by atoms with E-state index < -0.39 is 11.7 Å². The van der Waals surface area contributed by atoms with Gasteiger partial charge in [0, 0.05) is 6.20 Å². The van der Waals surface area contributed by atoms with Crippen LogP contribution in [0, 0.1) is 6.92 Å². The van der Waals surface area contributed by atoms with Gasteiger partial charge in [-0.05, 0) is 35.0 Å². The summed E-state index contributed by atoms with van der Waals surface area (Å²) >= 11 is 15.0. The van der Waals surface area contributed by atoms with E-state index in [-0.39, 0.29) is 15.7 Å². The number of alkyl halides is 3. The molecule has 0 saturated heterocycles. The number of aromatic nitrogens is 2. The standard InChI is InChI=1S/C11H6BrCl2F3N2/c1-5-7(12)4-19(18-5)10-8(13)2-6(3-9(10)14)11(15,16)17/h2-4H,1H3. The second-order valence-electron chi connectivity index (χ2n) is 3.79. The molecule has 2 rings (SSSR count). The molecule has 0 aliphatic rings. The molecule has 0 unspecified atom stereocenters. The average molecular weight is 374 g/mol. The zero-order chi connectivity index (χ0) is 14.4. The van der Waals surface area contributed by atoms with Crippen LogP contribution in [0.1, 0.15) is 11.3 Å². The fourth-order valence-corrected chi connectivity index (χ4v) is 2.44. The van der Waals surface area contributed by atoms with Gasteiger partial charge in [-0.3, -0.25) is 0 Å². The fourth-order valence-electron chi connectivity index (χ4n) is 1.50. The Hall–Kier alpha value is -0.720. The lowest BCUT2D eigenvalue weighted by molar-refractivity contribution is -0.137. The molecule has 1 heterocycles. The van der Waals surface area contributed by atoms with Gasteiger partial charge >= 0.3 is 6.18 Å². The third-order valence-corrected chi connectivity index (χ3v) is 3.77. The predicted molar refractivity (Wildman–Crippen MR) is 71.0 cm³/mol. The van der Waals surface area contributed by atoms with Gasteiger partial charge in [0.15, 0.2) is 0 Å². The summed E-state index contributed by atoms with van der Waals surface area (Å²) in [6, 6.07) is 1.65. The Morgan fingerprint density at radius 2 is 1.74 bits per heavy atom. The summed E-state index contributed by atoms with van der Waals surface area (Å²) < 4.78 is 39.9. The van der Waals surface area contributed by atoms with Gasteiger partial charge < -0.3 is 0 Å². The van der Waals surface area contributed by atoms with Crippen molar-refractivity contribution < 1.29 is 13.2 Å². The van der Waals surface area contributed by atoms with E-state index in [9.17, 15) is 13.2 Å². The molecule has 1 aromatic carbocycles. The van der Waals surface area contributed by atoms with Crippen molar-refractivity contribution in [1.82, 2.24) is 9.78 Å². The van der Waals surface area contributed by atoms with Crippen molar-refractivity contribution in [3.05, 3.63) is 44.1 Å². The smallest absolute Gasteiger partial charge is 0.237 e. The zero-order valence-electron chi connectivity index (χ0n) is 9.39. The third kappa shape index (κ3) is 2.90. The van der Waals surface area contributed by atoms with Gasteiger partial charge in [-0.25, -0.2) is 4.68 Å². The van der Waals surface area contributed by atoms with E-state index in [2.05, 4.69) is 21.0 Å². The number of nitrogens with zero attached hydrogens (tertiary/aromatic N) is 2. The number of halogens is 6. The first-order chi connectivity index (χ1) is 8.70. The van der Waals surface area contributed by atoms with Crippen LogP contribution in [0.3, 0.4) is 0 Å². The summed E-state index contributed by atoms with van der Waals surface area (Å²) in [4.78, 5) is 0. The topological polar surface area (TPSA) is 17.8 Å². The van der Waals surface area contributed by atoms with Gasteiger partial charge in [0.1, 0.15) is 5.69 Å². The molecule has 19 heavy (non-hydrogen) atoms. The van der Waals surface area contributed by atoms with E-state index >= 15 is 0 Å². The molecule has 0 bridgehead atoms. The highest BCUT2D eigenvalue weighted by atomic mass is 79.9. The third-order valence-electron chi connectivity index (χ3n) is 2.41. The normalized spacial score (nSPS) is 11.9. The Balaban J connectivity index is 2.60. The second-order valence-corrected chi connectivity index (χ2v) is 5.46. The molecule has 0 aliphatic heterocycles. The van der Waals surface area contributed by atoms with Crippen LogP contribution < -0.4 is 0 Å². The van der Waals surface area contributed by atoms with Crippen LogP contribution in [-0.4, -0.2) is 9.78 Å². The van der Waals surface area contributed by atoms with Crippen LogP contribution >= 0.6 is 39.1 Å². The maximum atomic E-state index is 12.6. The molecule has 8 heteroatoms. The molecular formula is C11H6BrCl2F3N2. The van der Waals surface area contributed by atoms with Crippen molar-refractivity contribution in [2.75, 3.05) is 0 Å². The van der Waals surface area contributed by atoms with Gasteiger partial charge in [-0.1, -0.05) is 23.2 Å². The highest BCUT2D eigenvalue weighted by Crippen LogP contribution is 2.37. The van der Waals surface area contributed by atoms with Crippen LogP contribution in [0.25, 0.3) is 5.69 Å². The Morgan fingerprint density at radius 3 is 2.11 bits per heavy atom. The highest BCUT2D eigenvalue weighted by Gasteiger charge is 2.32. The first-order valence-corrected chi connectivity index (χ1v) is 6.53. The van der Waals surface area contributed by atoms with Crippen molar-refractivity contribution in [2.45, 2.75) is 13.1 Å². The summed E-state index contributed by atoms with van der Waals surface area (Å²) in [6.45, 7) is 1.74. The zero-order valence-corrected chi connectivity index (χ0v) is 12.5. The summed E-state index contributed by atoms with van der Waals surface area (Å²) in [5.41, 5.74) is -0.00800. The Kier molecular flexibility index (Phi) is 3.86. The minimum Gasteiger partial charge on any atom is -0.237 e. The number of hydrogen-bond acceptors (Lipinski definition) is 1. The molecule has 0 fully saturated rings. The number of rotatable bonds is 1. The highest BCUT2D eigenvalue weighted by molar-refractivity contribution is 9.10. The van der Waals surface area contributed by atoms with E-state index in [1.807, 2.05) is 0 Å². The van der Waals surface area contributed by atoms with E-state index in [0.29, 0.717) is 10.2 Å². The van der Waals surface area contributed by atoms with Crippen molar-refractivity contribution in [2.24, 2.45) is 0 Å². The molecule has 2 aromatic rings. The Morgan fingerprint density at radius 1 is 1.21 bits per heavy atom. The molecule has 102 valence electrons. The van der Waals surface area contributed by atoms with Crippen molar-refractivity contribution in [3.63, 3.8) is 0 Å². The van der Waals surface area contributed by atoms with Gasteiger partial charge in [0.2, 0.25) is 0 Å². The van der Waals surface area contributed by atoms with Crippen LogP contribution in [0.2, 0.25) is 10.0 Å². The lowest BCUT2D eigenvalue weighted by Gasteiger charge is -2.12. The maximum absolute atomic E-state index is 12.6. The average Bonchev–Trinajstić information content (AvgIpc) is 2.56. The quantitative estimate of drug-likeness (QED) is 0.665. The maximum Gasteiger partial charge on any atom is 0.416 e. The number of aryl methyl sites for hydroxylation is 1. The molecule has 0 amide bonds. The van der Waals surface area contributed by atoms with Crippen LogP contribution in [0.5, 0.6) is 0 Å². The summed E-state index contributed by atoms with van der Waals surface area (Å²) in [5.74, 6) is 0. The first-order valence-electron chi connectivity index (χ1n) is 4.98. The minimum atomic E-state index is -4.49. The van der Waals surface area contributed by atoms with Crippen molar-refractivity contribution >= 4 is 39.1 Å². The SMILES string of the molecule is Cc1nn(-c2c(Cl)cc(C(F)(F)F)cc2Cl)cc1Br. The Labute approximate surface area is 125 Å². The van der Waals surface area contributed by atoms with Gasteiger partial charge in [-0.2, -0.15) is 18.3 Å². The van der Waals surface area contributed by atoms with Crippen LogP contribution in [-0.2, 0) is 6.18 Å². The molecule has 0 atom stereocenters. The molecule has 0 N–H and O–H groups in total. The molecule has 0 spiro atoms. The van der Waals surface area contributed by atoms with Crippen molar-refractivity contribution in [1.29, 1.82) is 0 Å². The molecule has 1 aromatic heterocycles. The van der Waals surface area contributed by atoms with E-state index in [1.54, 1.807) is 13.1 Å². The lowest BCUT2D eigenvalue weighted by Crippen LogP contribution is -2.07. The molecular weight excluding hydrogens is 368 g/mol. The van der Waals surface area contributed by atoms with E-state index in [0.717, 1.165) is 12.1 Å². The summed E-state index contributed by atoms with van der Waals surface area (Å²) in [6.07, 6.45) is -2.91. The van der Waals surface area contributed by atoms with Gasteiger partial charge in [0.25, 0.3) is 0 Å². The van der Waals surface area contributed by atoms with Gasteiger partial charge in [0.05, 0.1) is 25.8 Å². The molecule has 2 nitrogen and oxygen atoms in total. The molecule has 0 saturated carbocycles.